The van der Waals surface area contributed by atoms with Crippen LogP contribution in [0.1, 0.15) is 61.4 Å². The number of anilines is 2. The Morgan fingerprint density at radius 1 is 0.755 bits per heavy atom. The lowest BCUT2D eigenvalue weighted by atomic mass is 9.84. The Labute approximate surface area is 292 Å². The van der Waals surface area contributed by atoms with E-state index in [0.29, 0.717) is 16.8 Å². The van der Waals surface area contributed by atoms with Crippen molar-refractivity contribution in [2.45, 2.75) is 39.5 Å². The number of hydrogen-bond acceptors (Lipinski definition) is 4. The molecule has 0 saturated heterocycles. The maximum Gasteiger partial charge on any atom is 0.255 e. The first kappa shape index (κ1) is 33.4. The molecule has 5 nitrogen and oxygen atoms in total. The van der Waals surface area contributed by atoms with Crippen molar-refractivity contribution in [1.29, 1.82) is 0 Å². The molecule has 8 rings (SSSR count). The van der Waals surface area contributed by atoms with Gasteiger partial charge in [0.05, 0.1) is 0 Å². The first-order chi connectivity index (χ1) is 23.5. The lowest BCUT2D eigenvalue weighted by molar-refractivity contribution is 0.102. The summed E-state index contributed by atoms with van der Waals surface area (Å²) in [5.41, 5.74) is 9.88. The quantitative estimate of drug-likeness (QED) is 0.192. The van der Waals surface area contributed by atoms with Crippen LogP contribution in [-0.4, -0.2) is 17.9 Å². The van der Waals surface area contributed by atoms with Crippen molar-refractivity contribution >= 4 is 53.3 Å². The summed E-state index contributed by atoms with van der Waals surface area (Å²) >= 11 is 0. The number of nitrogens with zero attached hydrogens (tertiary/aromatic N) is 1. The third kappa shape index (κ3) is 6.89. The number of carbonyl (C=O) groups excluding carboxylic acids is 2. The second-order valence-corrected chi connectivity index (χ2v) is 12.4. The van der Waals surface area contributed by atoms with E-state index in [2.05, 4.69) is 58.1 Å². The molecule has 5 aromatic carbocycles. The van der Waals surface area contributed by atoms with Gasteiger partial charge in [-0.3, -0.25) is 14.6 Å². The molecule has 0 spiro atoms. The van der Waals surface area contributed by atoms with Crippen LogP contribution in [0.4, 0.5) is 11.4 Å². The van der Waals surface area contributed by atoms with E-state index in [1.54, 1.807) is 6.20 Å². The maximum absolute atomic E-state index is 13.6. The number of para-hydroxylation sites is 1. The molecule has 0 bridgehead atoms. The van der Waals surface area contributed by atoms with Gasteiger partial charge < -0.3 is 10.6 Å². The number of rotatable bonds is 4. The molecule has 3 aliphatic rings. The third-order valence-corrected chi connectivity index (χ3v) is 9.49. The average molecular weight is 664 g/mol. The summed E-state index contributed by atoms with van der Waals surface area (Å²) in [5.74, 6) is -0.0625. The van der Waals surface area contributed by atoms with E-state index < -0.39 is 0 Å². The number of amides is 1. The molecule has 2 aliphatic carbocycles. The summed E-state index contributed by atoms with van der Waals surface area (Å²) in [4.78, 5) is 30.5. The van der Waals surface area contributed by atoms with Gasteiger partial charge in [-0.2, -0.15) is 0 Å². The van der Waals surface area contributed by atoms with E-state index in [9.17, 15) is 9.59 Å². The number of nitrogens with one attached hydrogen (secondary N) is 2. The second kappa shape index (κ2) is 14.7. The van der Waals surface area contributed by atoms with E-state index in [-0.39, 0.29) is 24.1 Å². The normalized spacial score (nSPS) is 13.3. The second-order valence-electron chi connectivity index (χ2n) is 12.4. The summed E-state index contributed by atoms with van der Waals surface area (Å²) in [6.07, 6.45) is 11.4. The fourth-order valence-corrected chi connectivity index (χ4v) is 6.80. The van der Waals surface area contributed by atoms with Gasteiger partial charge in [0.15, 0.2) is 5.78 Å². The molecule has 5 aromatic rings. The van der Waals surface area contributed by atoms with E-state index in [1.165, 1.54) is 26.8 Å². The van der Waals surface area contributed by atoms with E-state index in [1.807, 2.05) is 93.0 Å². The molecular formula is C43H38ClN3O2. The average Bonchev–Trinajstić information content (AvgIpc) is 3.38. The number of fused-ring (bicyclic) bond motifs is 5. The SMILES string of the molecule is C1=CNc2ccccc2C=N1.Cc1cccc(C(=O)Nc2ccc(C(=O)C3=c4ccc5c(c4CCC3)CC=c3ccccc3=5)cc2)c1C.Cl. The predicted octanol–water partition coefficient (Wildman–Crippen LogP) is 7.97. The van der Waals surface area contributed by atoms with Crippen molar-refractivity contribution in [2.24, 2.45) is 4.99 Å². The molecule has 0 saturated carbocycles. The van der Waals surface area contributed by atoms with Crippen LogP contribution in [0, 0.1) is 24.3 Å². The third-order valence-electron chi connectivity index (χ3n) is 9.49. The van der Waals surface area contributed by atoms with Crippen molar-refractivity contribution in [2.75, 3.05) is 10.6 Å². The lowest BCUT2D eigenvalue weighted by Crippen LogP contribution is -2.25. The Bertz CT molecular complexity index is 2360. The molecule has 0 unspecified atom stereocenters. The number of halogens is 1. The van der Waals surface area contributed by atoms with Crippen LogP contribution in [0.15, 0.2) is 121 Å². The van der Waals surface area contributed by atoms with Gasteiger partial charge in [0.25, 0.3) is 5.91 Å². The smallest absolute Gasteiger partial charge is 0.255 e. The van der Waals surface area contributed by atoms with Gasteiger partial charge in [0, 0.05) is 52.3 Å². The zero-order chi connectivity index (χ0) is 33.0. The van der Waals surface area contributed by atoms with E-state index in [0.717, 1.165) is 58.9 Å². The molecule has 1 heterocycles. The van der Waals surface area contributed by atoms with Crippen LogP contribution in [0.3, 0.4) is 0 Å². The highest BCUT2D eigenvalue weighted by molar-refractivity contribution is 6.24. The largest absolute Gasteiger partial charge is 0.360 e. The molecule has 244 valence electrons. The van der Waals surface area contributed by atoms with Crippen LogP contribution >= 0.6 is 12.4 Å². The Morgan fingerprint density at radius 2 is 1.53 bits per heavy atom. The number of benzene rings is 5. The van der Waals surface area contributed by atoms with Gasteiger partial charge in [0.2, 0.25) is 0 Å². The fourth-order valence-electron chi connectivity index (χ4n) is 6.80. The molecule has 0 fully saturated rings. The Morgan fingerprint density at radius 3 is 2.39 bits per heavy atom. The number of aliphatic imine (C=N–C) groups is 1. The zero-order valence-corrected chi connectivity index (χ0v) is 28.4. The summed E-state index contributed by atoms with van der Waals surface area (Å²) in [6, 6.07) is 34.0. The number of ketones is 1. The van der Waals surface area contributed by atoms with Gasteiger partial charge in [-0.15, -0.1) is 12.4 Å². The minimum atomic E-state index is -0.140. The summed E-state index contributed by atoms with van der Waals surface area (Å²) < 4.78 is 0. The Balaban J connectivity index is 0.000000294. The molecule has 2 N–H and O–H groups in total. The van der Waals surface area contributed by atoms with Crippen LogP contribution in [-0.2, 0) is 12.8 Å². The number of carbonyl (C=O) groups is 2. The Kier molecular flexibility index (Phi) is 10.0. The van der Waals surface area contributed by atoms with Crippen molar-refractivity contribution < 1.29 is 9.59 Å². The van der Waals surface area contributed by atoms with Gasteiger partial charge in [-0.1, -0.05) is 72.8 Å². The summed E-state index contributed by atoms with van der Waals surface area (Å²) in [7, 11) is 0. The zero-order valence-electron chi connectivity index (χ0n) is 27.6. The van der Waals surface area contributed by atoms with Gasteiger partial charge in [-0.25, -0.2) is 0 Å². The standard InChI is InChI=1S/C34H29NO2.C9H8N2.ClH/c1-21-7-5-10-26(22(21)2)34(37)35-25-16-13-24(14-17-25)33(36)32-12-6-11-28-30-18-15-23-8-3-4-9-27(23)29(30)19-20-31(28)32;1-2-4-9-8(3-1)7-10-5-6-11-9;/h3-5,7-10,13-17,19-20H,6,11-12,18H2,1-2H3,(H,35,37);1-7,11H;1H. The van der Waals surface area contributed by atoms with E-state index >= 15 is 0 Å². The number of hydrogen-bond donors (Lipinski definition) is 2. The van der Waals surface area contributed by atoms with Gasteiger partial charge in [0.1, 0.15) is 0 Å². The van der Waals surface area contributed by atoms with Crippen LogP contribution in [0.5, 0.6) is 0 Å². The van der Waals surface area contributed by atoms with Crippen LogP contribution in [0.2, 0.25) is 0 Å². The summed E-state index contributed by atoms with van der Waals surface area (Å²) in [5, 5.41) is 11.1. The topological polar surface area (TPSA) is 70.6 Å². The minimum Gasteiger partial charge on any atom is -0.360 e. The highest BCUT2D eigenvalue weighted by Crippen LogP contribution is 2.25. The Hall–Kier alpha value is -5.52. The molecule has 0 radical (unpaired) electrons. The highest BCUT2D eigenvalue weighted by Gasteiger charge is 2.21. The summed E-state index contributed by atoms with van der Waals surface area (Å²) in [6.45, 7) is 3.96. The predicted molar refractivity (Wildman–Crippen MR) is 203 cm³/mol. The minimum absolute atomic E-state index is 0. The maximum atomic E-state index is 13.6. The number of Topliss-reactive ketones (excluding diaryl/α,β-unsaturated/α-hetero) is 1. The molecule has 49 heavy (non-hydrogen) atoms. The first-order valence-electron chi connectivity index (χ1n) is 16.5. The first-order valence-corrected chi connectivity index (χ1v) is 16.5. The van der Waals surface area contributed by atoms with E-state index in [4.69, 9.17) is 0 Å². The number of aryl methyl sites for hydroxylation is 1. The van der Waals surface area contributed by atoms with Crippen molar-refractivity contribution in [3.8, 4) is 0 Å². The van der Waals surface area contributed by atoms with Crippen molar-refractivity contribution in [1.82, 2.24) is 0 Å². The van der Waals surface area contributed by atoms with Crippen molar-refractivity contribution in [3.05, 3.63) is 175 Å². The molecule has 1 amide bonds. The molecular weight excluding hydrogens is 626 g/mol. The van der Waals surface area contributed by atoms with Crippen LogP contribution < -0.4 is 21.1 Å². The fraction of sp³-hybridized carbons (Fsp3) is 0.140. The van der Waals surface area contributed by atoms with Gasteiger partial charge >= 0.3 is 0 Å². The monoisotopic (exact) mass is 663 g/mol. The van der Waals surface area contributed by atoms with Crippen LogP contribution in [0.25, 0.3) is 11.6 Å². The lowest BCUT2D eigenvalue weighted by Gasteiger charge is -2.20. The molecule has 6 heteroatoms. The van der Waals surface area contributed by atoms with Crippen molar-refractivity contribution in [3.63, 3.8) is 0 Å². The molecule has 0 aromatic heterocycles. The van der Waals surface area contributed by atoms with Gasteiger partial charge in [-0.05, 0) is 119 Å². The highest BCUT2D eigenvalue weighted by atomic mass is 35.5. The molecule has 0 atom stereocenters. The molecule has 1 aliphatic heterocycles.